The van der Waals surface area contributed by atoms with E-state index in [9.17, 15) is 9.18 Å². The first-order valence-electron chi connectivity index (χ1n) is 7.41. The molecule has 1 amide bonds. The highest BCUT2D eigenvalue weighted by Gasteiger charge is 2.13. The van der Waals surface area contributed by atoms with E-state index in [0.717, 1.165) is 18.4 Å². The maximum Gasteiger partial charge on any atom is 0.254 e. The molecule has 6 heteroatoms. The Labute approximate surface area is 143 Å². The second-order valence-corrected chi connectivity index (χ2v) is 5.89. The first-order chi connectivity index (χ1) is 11.1. The average molecular weight is 381 g/mol. The van der Waals surface area contributed by atoms with Crippen molar-refractivity contribution >= 4 is 21.8 Å². The van der Waals surface area contributed by atoms with Crippen LogP contribution in [0.1, 0.15) is 35.7 Å². The summed E-state index contributed by atoms with van der Waals surface area (Å²) in [5.41, 5.74) is 0.754. The Bertz CT molecular complexity index is 679. The van der Waals surface area contributed by atoms with Gasteiger partial charge in [-0.2, -0.15) is 0 Å². The smallest absolute Gasteiger partial charge is 0.254 e. The maximum atomic E-state index is 13.7. The SMILES string of the molecule is CCCCOc1ncccc1CNC(=O)c1cc(Br)ccc1F. The van der Waals surface area contributed by atoms with Gasteiger partial charge in [-0.15, -0.1) is 0 Å². The largest absolute Gasteiger partial charge is 0.477 e. The van der Waals surface area contributed by atoms with E-state index in [1.165, 1.54) is 12.1 Å². The van der Waals surface area contributed by atoms with Crippen LogP contribution in [0, 0.1) is 5.82 Å². The van der Waals surface area contributed by atoms with Crippen LogP contribution in [0.2, 0.25) is 0 Å². The molecule has 0 atom stereocenters. The molecule has 1 aromatic heterocycles. The van der Waals surface area contributed by atoms with E-state index in [1.807, 2.05) is 6.07 Å². The van der Waals surface area contributed by atoms with Gasteiger partial charge in [0.2, 0.25) is 5.88 Å². The van der Waals surface area contributed by atoms with Gasteiger partial charge in [0, 0.05) is 22.8 Å². The van der Waals surface area contributed by atoms with Crippen LogP contribution in [-0.4, -0.2) is 17.5 Å². The van der Waals surface area contributed by atoms with Gasteiger partial charge in [-0.05, 0) is 30.7 Å². The molecule has 2 aromatic rings. The summed E-state index contributed by atoms with van der Waals surface area (Å²) in [5, 5.41) is 2.69. The summed E-state index contributed by atoms with van der Waals surface area (Å²) < 4.78 is 20.0. The minimum Gasteiger partial charge on any atom is -0.477 e. The highest BCUT2D eigenvalue weighted by Crippen LogP contribution is 2.17. The van der Waals surface area contributed by atoms with Crippen LogP contribution in [-0.2, 0) is 6.54 Å². The van der Waals surface area contributed by atoms with E-state index < -0.39 is 11.7 Å². The third-order valence-corrected chi connectivity index (χ3v) is 3.69. The van der Waals surface area contributed by atoms with Gasteiger partial charge in [-0.25, -0.2) is 9.37 Å². The molecule has 4 nitrogen and oxygen atoms in total. The topological polar surface area (TPSA) is 51.2 Å². The predicted octanol–water partition coefficient (Wildman–Crippen LogP) is 4.09. The molecule has 23 heavy (non-hydrogen) atoms. The average Bonchev–Trinajstić information content (AvgIpc) is 2.56. The molecule has 0 spiro atoms. The van der Waals surface area contributed by atoms with E-state index in [1.54, 1.807) is 18.3 Å². The standard InChI is InChI=1S/C17H18BrFN2O2/c1-2-3-9-23-17-12(5-4-8-20-17)11-21-16(22)14-10-13(18)6-7-15(14)19/h4-8,10H,2-3,9,11H2,1H3,(H,21,22). The molecule has 0 radical (unpaired) electrons. The molecule has 0 aliphatic rings. The summed E-state index contributed by atoms with van der Waals surface area (Å²) >= 11 is 3.23. The number of nitrogens with one attached hydrogen (secondary N) is 1. The molecular formula is C17H18BrFN2O2. The van der Waals surface area contributed by atoms with Crippen molar-refractivity contribution in [3.05, 3.63) is 57.9 Å². The monoisotopic (exact) mass is 380 g/mol. The van der Waals surface area contributed by atoms with Crippen LogP contribution in [0.25, 0.3) is 0 Å². The van der Waals surface area contributed by atoms with Crippen molar-refractivity contribution in [3.8, 4) is 5.88 Å². The number of unbranched alkanes of at least 4 members (excludes halogenated alkanes) is 1. The van der Waals surface area contributed by atoms with Crippen molar-refractivity contribution in [2.75, 3.05) is 6.61 Å². The van der Waals surface area contributed by atoms with Gasteiger partial charge in [0.25, 0.3) is 5.91 Å². The lowest BCUT2D eigenvalue weighted by Crippen LogP contribution is -2.24. The van der Waals surface area contributed by atoms with E-state index >= 15 is 0 Å². The predicted molar refractivity (Wildman–Crippen MR) is 89.9 cm³/mol. The number of pyridine rings is 1. The molecule has 0 aliphatic heterocycles. The van der Waals surface area contributed by atoms with Crippen LogP contribution in [0.15, 0.2) is 41.0 Å². The van der Waals surface area contributed by atoms with Gasteiger partial charge >= 0.3 is 0 Å². The lowest BCUT2D eigenvalue weighted by atomic mass is 10.2. The molecule has 0 bridgehead atoms. The van der Waals surface area contributed by atoms with Crippen molar-refractivity contribution in [2.45, 2.75) is 26.3 Å². The molecule has 122 valence electrons. The Hall–Kier alpha value is -1.95. The zero-order chi connectivity index (χ0) is 16.7. The zero-order valence-corrected chi connectivity index (χ0v) is 14.4. The summed E-state index contributed by atoms with van der Waals surface area (Å²) in [7, 11) is 0. The van der Waals surface area contributed by atoms with Crippen LogP contribution in [0.5, 0.6) is 5.88 Å². The number of rotatable bonds is 7. The molecule has 0 unspecified atom stereocenters. The van der Waals surface area contributed by atoms with Crippen molar-refractivity contribution < 1.29 is 13.9 Å². The number of hydrogen-bond acceptors (Lipinski definition) is 3. The molecule has 0 saturated carbocycles. The quantitative estimate of drug-likeness (QED) is 0.735. The van der Waals surface area contributed by atoms with Crippen LogP contribution in [0.4, 0.5) is 4.39 Å². The Morgan fingerprint density at radius 1 is 1.39 bits per heavy atom. The molecule has 1 heterocycles. The normalized spacial score (nSPS) is 10.4. The second-order valence-electron chi connectivity index (χ2n) is 4.98. The number of aromatic nitrogens is 1. The molecule has 0 fully saturated rings. The number of carbonyl (C=O) groups excluding carboxylic acids is 1. The Balaban J connectivity index is 2.03. The molecule has 2 rings (SSSR count). The van der Waals surface area contributed by atoms with Gasteiger partial charge in [-0.3, -0.25) is 4.79 Å². The minimum absolute atomic E-state index is 0.00304. The molecule has 0 saturated heterocycles. The highest BCUT2D eigenvalue weighted by atomic mass is 79.9. The van der Waals surface area contributed by atoms with Crippen LogP contribution in [0.3, 0.4) is 0 Å². The van der Waals surface area contributed by atoms with E-state index in [-0.39, 0.29) is 12.1 Å². The van der Waals surface area contributed by atoms with Crippen molar-refractivity contribution in [1.29, 1.82) is 0 Å². The Morgan fingerprint density at radius 2 is 2.22 bits per heavy atom. The number of ether oxygens (including phenoxy) is 1. The van der Waals surface area contributed by atoms with E-state index in [4.69, 9.17) is 4.74 Å². The number of nitrogens with zero attached hydrogens (tertiary/aromatic N) is 1. The number of carbonyl (C=O) groups is 1. The van der Waals surface area contributed by atoms with Gasteiger partial charge in [0.15, 0.2) is 0 Å². The molecule has 1 aromatic carbocycles. The van der Waals surface area contributed by atoms with Gasteiger partial charge in [-0.1, -0.05) is 35.3 Å². The highest BCUT2D eigenvalue weighted by molar-refractivity contribution is 9.10. The number of benzene rings is 1. The van der Waals surface area contributed by atoms with Crippen molar-refractivity contribution in [1.82, 2.24) is 10.3 Å². The van der Waals surface area contributed by atoms with Gasteiger partial charge < -0.3 is 10.1 Å². The first kappa shape index (κ1) is 17.4. The summed E-state index contributed by atoms with van der Waals surface area (Å²) in [6.07, 6.45) is 3.60. The summed E-state index contributed by atoms with van der Waals surface area (Å²) in [5.74, 6) is -0.542. The number of halogens is 2. The summed E-state index contributed by atoms with van der Waals surface area (Å²) in [6, 6.07) is 7.85. The second kappa shape index (κ2) is 8.62. The van der Waals surface area contributed by atoms with E-state index in [0.29, 0.717) is 17.0 Å². The minimum atomic E-state index is -0.559. The van der Waals surface area contributed by atoms with Crippen molar-refractivity contribution in [3.63, 3.8) is 0 Å². The fraction of sp³-hybridized carbons (Fsp3) is 0.294. The summed E-state index contributed by atoms with van der Waals surface area (Å²) in [4.78, 5) is 16.3. The summed E-state index contributed by atoms with van der Waals surface area (Å²) in [6.45, 7) is 2.88. The zero-order valence-electron chi connectivity index (χ0n) is 12.8. The third-order valence-electron chi connectivity index (χ3n) is 3.20. The van der Waals surface area contributed by atoms with Crippen molar-refractivity contribution in [2.24, 2.45) is 0 Å². The number of hydrogen-bond donors (Lipinski definition) is 1. The first-order valence-corrected chi connectivity index (χ1v) is 8.21. The van der Waals surface area contributed by atoms with Gasteiger partial charge in [0.1, 0.15) is 5.82 Å². The lowest BCUT2D eigenvalue weighted by Gasteiger charge is -2.11. The van der Waals surface area contributed by atoms with Gasteiger partial charge in [0.05, 0.1) is 12.2 Å². The number of amides is 1. The molecule has 0 aliphatic carbocycles. The Morgan fingerprint density at radius 3 is 3.00 bits per heavy atom. The van der Waals surface area contributed by atoms with E-state index in [2.05, 4.69) is 33.2 Å². The Kier molecular flexibility index (Phi) is 6.52. The third kappa shape index (κ3) is 5.03. The lowest BCUT2D eigenvalue weighted by molar-refractivity contribution is 0.0946. The fourth-order valence-corrected chi connectivity index (χ4v) is 2.31. The fourth-order valence-electron chi connectivity index (χ4n) is 1.94. The molecule has 1 N–H and O–H groups in total. The molecular weight excluding hydrogens is 363 g/mol. The van der Waals surface area contributed by atoms with Crippen LogP contribution < -0.4 is 10.1 Å². The van der Waals surface area contributed by atoms with Crippen LogP contribution >= 0.6 is 15.9 Å². The maximum absolute atomic E-state index is 13.7.